The SMILES string of the molecule is CN(C(=O)NC(C(=O)O)C1CC1)c1ccccc1F. The molecule has 1 saturated carbocycles. The molecule has 6 heteroatoms. The van der Waals surface area contributed by atoms with E-state index in [4.69, 9.17) is 5.11 Å². The van der Waals surface area contributed by atoms with Crippen molar-refractivity contribution in [1.82, 2.24) is 5.32 Å². The number of aliphatic carboxylic acids is 1. The molecule has 1 atom stereocenters. The minimum Gasteiger partial charge on any atom is -0.480 e. The standard InChI is InChI=1S/C13H15FN2O3/c1-16(10-5-3-2-4-9(10)14)13(19)15-11(12(17)18)8-6-7-8/h2-5,8,11H,6-7H2,1H3,(H,15,19)(H,17,18). The summed E-state index contributed by atoms with van der Waals surface area (Å²) in [5.41, 5.74) is 0.111. The maximum Gasteiger partial charge on any atom is 0.326 e. The van der Waals surface area contributed by atoms with E-state index in [0.717, 1.165) is 17.7 Å². The highest BCUT2D eigenvalue weighted by Crippen LogP contribution is 2.33. The number of halogens is 1. The van der Waals surface area contributed by atoms with E-state index in [-0.39, 0.29) is 11.6 Å². The molecule has 1 fully saturated rings. The molecule has 1 aromatic rings. The van der Waals surface area contributed by atoms with Gasteiger partial charge in [-0.3, -0.25) is 4.90 Å². The number of hydrogen-bond donors (Lipinski definition) is 2. The number of para-hydroxylation sites is 1. The van der Waals surface area contributed by atoms with Crippen LogP contribution in [0.5, 0.6) is 0 Å². The van der Waals surface area contributed by atoms with Crippen LogP contribution in [-0.4, -0.2) is 30.2 Å². The Labute approximate surface area is 110 Å². The first-order valence-electron chi connectivity index (χ1n) is 6.02. The van der Waals surface area contributed by atoms with Crippen molar-refractivity contribution < 1.29 is 19.1 Å². The van der Waals surface area contributed by atoms with Gasteiger partial charge in [0.25, 0.3) is 0 Å². The van der Waals surface area contributed by atoms with E-state index in [1.54, 1.807) is 6.07 Å². The fourth-order valence-corrected chi connectivity index (χ4v) is 1.87. The predicted molar refractivity (Wildman–Crippen MR) is 67.5 cm³/mol. The second-order valence-corrected chi connectivity index (χ2v) is 4.61. The molecular formula is C13H15FN2O3. The molecule has 1 aliphatic rings. The summed E-state index contributed by atoms with van der Waals surface area (Å²) in [6, 6.07) is 4.31. The molecule has 2 N–H and O–H groups in total. The Morgan fingerprint density at radius 1 is 1.42 bits per heavy atom. The normalized spacial score (nSPS) is 15.7. The summed E-state index contributed by atoms with van der Waals surface area (Å²) in [6.07, 6.45) is 1.58. The summed E-state index contributed by atoms with van der Waals surface area (Å²) in [5.74, 6) is -1.60. The molecule has 0 aliphatic heterocycles. The van der Waals surface area contributed by atoms with Gasteiger partial charge >= 0.3 is 12.0 Å². The molecule has 0 radical (unpaired) electrons. The van der Waals surface area contributed by atoms with Crippen LogP contribution in [0.4, 0.5) is 14.9 Å². The molecule has 0 bridgehead atoms. The number of amides is 2. The summed E-state index contributed by atoms with van der Waals surface area (Å²) in [4.78, 5) is 24.0. The van der Waals surface area contributed by atoms with Gasteiger partial charge in [-0.1, -0.05) is 12.1 Å². The van der Waals surface area contributed by atoms with Crippen molar-refractivity contribution in [3.63, 3.8) is 0 Å². The summed E-state index contributed by atoms with van der Waals surface area (Å²) >= 11 is 0. The van der Waals surface area contributed by atoms with E-state index >= 15 is 0 Å². The van der Waals surface area contributed by atoms with E-state index in [2.05, 4.69) is 5.32 Å². The second kappa shape index (κ2) is 5.26. The van der Waals surface area contributed by atoms with Gasteiger partial charge in [0.2, 0.25) is 0 Å². The molecule has 0 aromatic heterocycles. The third kappa shape index (κ3) is 3.01. The van der Waals surface area contributed by atoms with E-state index in [9.17, 15) is 14.0 Å². The van der Waals surface area contributed by atoms with Gasteiger partial charge in [0.1, 0.15) is 11.9 Å². The van der Waals surface area contributed by atoms with Gasteiger partial charge in [0.15, 0.2) is 0 Å². The Hall–Kier alpha value is -2.11. The van der Waals surface area contributed by atoms with Gasteiger partial charge in [0, 0.05) is 7.05 Å². The second-order valence-electron chi connectivity index (χ2n) is 4.61. The Morgan fingerprint density at radius 2 is 2.05 bits per heavy atom. The highest BCUT2D eigenvalue weighted by Gasteiger charge is 2.37. The largest absolute Gasteiger partial charge is 0.480 e. The highest BCUT2D eigenvalue weighted by molar-refractivity contribution is 5.94. The van der Waals surface area contributed by atoms with Gasteiger partial charge in [-0.25, -0.2) is 14.0 Å². The third-order valence-corrected chi connectivity index (χ3v) is 3.16. The number of hydrogen-bond acceptors (Lipinski definition) is 2. The fraction of sp³-hybridized carbons (Fsp3) is 0.385. The fourth-order valence-electron chi connectivity index (χ4n) is 1.87. The van der Waals surface area contributed by atoms with Crippen LogP contribution in [0.25, 0.3) is 0 Å². The monoisotopic (exact) mass is 266 g/mol. The van der Waals surface area contributed by atoms with E-state index in [1.165, 1.54) is 25.2 Å². The van der Waals surface area contributed by atoms with Crippen LogP contribution < -0.4 is 10.2 Å². The number of nitrogens with zero attached hydrogens (tertiary/aromatic N) is 1. The summed E-state index contributed by atoms with van der Waals surface area (Å²) < 4.78 is 13.5. The Bertz CT molecular complexity index is 502. The molecule has 19 heavy (non-hydrogen) atoms. The van der Waals surface area contributed by atoms with Crippen LogP contribution >= 0.6 is 0 Å². The zero-order chi connectivity index (χ0) is 14.0. The molecule has 1 aromatic carbocycles. The van der Waals surface area contributed by atoms with Crippen LogP contribution in [0.3, 0.4) is 0 Å². The zero-order valence-electron chi connectivity index (χ0n) is 10.5. The van der Waals surface area contributed by atoms with Crippen LogP contribution in [0.2, 0.25) is 0 Å². The Kier molecular flexibility index (Phi) is 3.69. The van der Waals surface area contributed by atoms with Gasteiger partial charge < -0.3 is 10.4 Å². The van der Waals surface area contributed by atoms with Crippen molar-refractivity contribution in [2.24, 2.45) is 5.92 Å². The Balaban J connectivity index is 2.07. The van der Waals surface area contributed by atoms with E-state index in [0.29, 0.717) is 0 Å². The van der Waals surface area contributed by atoms with Crippen molar-refractivity contribution in [3.8, 4) is 0 Å². The van der Waals surface area contributed by atoms with E-state index < -0.39 is 23.9 Å². The molecule has 1 aliphatic carbocycles. The molecule has 0 saturated heterocycles. The van der Waals surface area contributed by atoms with Crippen molar-refractivity contribution >= 4 is 17.7 Å². The van der Waals surface area contributed by atoms with Gasteiger partial charge in [-0.2, -0.15) is 0 Å². The maximum atomic E-state index is 13.5. The lowest BCUT2D eigenvalue weighted by Crippen LogP contribution is -2.48. The van der Waals surface area contributed by atoms with Crippen molar-refractivity contribution in [2.75, 3.05) is 11.9 Å². The number of carbonyl (C=O) groups is 2. The number of rotatable bonds is 4. The van der Waals surface area contributed by atoms with Gasteiger partial charge in [0.05, 0.1) is 5.69 Å². The third-order valence-electron chi connectivity index (χ3n) is 3.16. The topological polar surface area (TPSA) is 69.6 Å². The molecule has 102 valence electrons. The summed E-state index contributed by atoms with van der Waals surface area (Å²) in [6.45, 7) is 0. The number of nitrogens with one attached hydrogen (secondary N) is 1. The van der Waals surface area contributed by atoms with Crippen molar-refractivity contribution in [1.29, 1.82) is 0 Å². The number of anilines is 1. The number of carboxylic acid groups (broad SMARTS) is 1. The van der Waals surface area contributed by atoms with Crippen LogP contribution in [-0.2, 0) is 4.79 Å². The smallest absolute Gasteiger partial charge is 0.326 e. The molecular weight excluding hydrogens is 251 g/mol. The lowest BCUT2D eigenvalue weighted by atomic mass is 10.2. The average molecular weight is 266 g/mol. The summed E-state index contributed by atoms with van der Waals surface area (Å²) in [7, 11) is 1.40. The molecule has 2 rings (SSSR count). The van der Waals surface area contributed by atoms with Gasteiger partial charge in [-0.05, 0) is 30.9 Å². The Morgan fingerprint density at radius 3 is 2.58 bits per heavy atom. The number of benzene rings is 1. The average Bonchev–Trinajstić information content (AvgIpc) is 3.19. The lowest BCUT2D eigenvalue weighted by molar-refractivity contribution is -0.139. The lowest BCUT2D eigenvalue weighted by Gasteiger charge is -2.21. The number of carbonyl (C=O) groups excluding carboxylic acids is 1. The molecule has 0 heterocycles. The highest BCUT2D eigenvalue weighted by atomic mass is 19.1. The summed E-state index contributed by atoms with van der Waals surface area (Å²) in [5, 5.41) is 11.5. The van der Waals surface area contributed by atoms with Crippen molar-refractivity contribution in [3.05, 3.63) is 30.1 Å². The molecule has 2 amide bonds. The zero-order valence-corrected chi connectivity index (χ0v) is 10.5. The van der Waals surface area contributed by atoms with E-state index in [1.807, 2.05) is 0 Å². The van der Waals surface area contributed by atoms with Crippen LogP contribution in [0, 0.1) is 11.7 Å². The number of urea groups is 1. The first-order valence-corrected chi connectivity index (χ1v) is 6.02. The molecule has 0 spiro atoms. The molecule has 5 nitrogen and oxygen atoms in total. The number of carboxylic acids is 1. The maximum absolute atomic E-state index is 13.5. The minimum absolute atomic E-state index is 0.0181. The predicted octanol–water partition coefficient (Wildman–Crippen LogP) is 1.83. The molecule has 1 unspecified atom stereocenters. The quantitative estimate of drug-likeness (QED) is 0.873. The van der Waals surface area contributed by atoms with Crippen LogP contribution in [0.15, 0.2) is 24.3 Å². The van der Waals surface area contributed by atoms with Crippen molar-refractivity contribution in [2.45, 2.75) is 18.9 Å². The van der Waals surface area contributed by atoms with Gasteiger partial charge in [-0.15, -0.1) is 0 Å². The first kappa shape index (κ1) is 13.3. The minimum atomic E-state index is -1.06. The van der Waals surface area contributed by atoms with Crippen LogP contribution in [0.1, 0.15) is 12.8 Å². The first-order chi connectivity index (χ1) is 9.00.